The predicted molar refractivity (Wildman–Crippen MR) is 125 cm³/mol. The molecule has 0 aliphatic carbocycles. The van der Waals surface area contributed by atoms with Gasteiger partial charge in [0.15, 0.2) is 11.7 Å². The van der Waals surface area contributed by atoms with Crippen LogP contribution in [0, 0.1) is 6.92 Å². The SMILES string of the molecule is CCOC(=O)COc1cc(C)cc(CN2CCN(c3nc4ccc(C(F)(F)F)cc4s3)CC2)c1. The minimum atomic E-state index is -4.36. The van der Waals surface area contributed by atoms with Crippen molar-refractivity contribution >= 4 is 32.7 Å². The van der Waals surface area contributed by atoms with E-state index < -0.39 is 17.7 Å². The number of aryl methyl sites for hydroxylation is 1. The van der Waals surface area contributed by atoms with Gasteiger partial charge in [-0.15, -0.1) is 0 Å². The van der Waals surface area contributed by atoms with Crippen LogP contribution in [0.3, 0.4) is 0 Å². The van der Waals surface area contributed by atoms with Gasteiger partial charge in [-0.25, -0.2) is 9.78 Å². The molecule has 10 heteroatoms. The first-order valence-corrected chi connectivity index (χ1v) is 11.9. The van der Waals surface area contributed by atoms with Gasteiger partial charge in [0.2, 0.25) is 0 Å². The highest BCUT2D eigenvalue weighted by molar-refractivity contribution is 7.22. The summed E-state index contributed by atoms with van der Waals surface area (Å²) in [7, 11) is 0. The molecule has 0 spiro atoms. The van der Waals surface area contributed by atoms with Crippen LogP contribution in [-0.2, 0) is 22.3 Å². The van der Waals surface area contributed by atoms with Crippen molar-refractivity contribution in [2.75, 3.05) is 44.3 Å². The van der Waals surface area contributed by atoms with Gasteiger partial charge in [0, 0.05) is 32.7 Å². The predicted octanol–water partition coefficient (Wildman–Crippen LogP) is 4.89. The van der Waals surface area contributed by atoms with Crippen molar-refractivity contribution in [2.45, 2.75) is 26.6 Å². The molecule has 0 radical (unpaired) electrons. The van der Waals surface area contributed by atoms with Crippen LogP contribution in [0.15, 0.2) is 36.4 Å². The Morgan fingerprint density at radius 1 is 1.12 bits per heavy atom. The number of fused-ring (bicyclic) bond motifs is 1. The molecule has 2 heterocycles. The first kappa shape index (κ1) is 24.3. The van der Waals surface area contributed by atoms with Crippen molar-refractivity contribution in [3.63, 3.8) is 0 Å². The van der Waals surface area contributed by atoms with Crippen molar-refractivity contribution in [3.8, 4) is 5.75 Å². The van der Waals surface area contributed by atoms with Gasteiger partial charge in [-0.05, 0) is 55.3 Å². The molecule has 0 amide bonds. The highest BCUT2D eigenvalue weighted by Crippen LogP contribution is 2.35. The maximum atomic E-state index is 13.0. The lowest BCUT2D eigenvalue weighted by Crippen LogP contribution is -2.45. The van der Waals surface area contributed by atoms with Crippen LogP contribution in [0.4, 0.5) is 18.3 Å². The van der Waals surface area contributed by atoms with Gasteiger partial charge in [0.05, 0.1) is 22.4 Å². The fourth-order valence-corrected chi connectivity index (χ4v) is 4.98. The van der Waals surface area contributed by atoms with E-state index in [-0.39, 0.29) is 6.61 Å². The Morgan fingerprint density at radius 3 is 2.59 bits per heavy atom. The molecule has 1 fully saturated rings. The van der Waals surface area contributed by atoms with Crippen molar-refractivity contribution in [3.05, 3.63) is 53.1 Å². The van der Waals surface area contributed by atoms with Crippen LogP contribution < -0.4 is 9.64 Å². The van der Waals surface area contributed by atoms with Crippen LogP contribution >= 0.6 is 11.3 Å². The summed E-state index contributed by atoms with van der Waals surface area (Å²) in [5.74, 6) is 0.237. The first-order chi connectivity index (χ1) is 16.2. The maximum Gasteiger partial charge on any atom is 0.416 e. The number of anilines is 1. The first-order valence-electron chi connectivity index (χ1n) is 11.1. The smallest absolute Gasteiger partial charge is 0.416 e. The molecule has 3 aromatic rings. The zero-order valence-corrected chi connectivity index (χ0v) is 19.8. The Labute approximate surface area is 199 Å². The number of esters is 1. The largest absolute Gasteiger partial charge is 0.482 e. The number of carbonyl (C=O) groups is 1. The van der Waals surface area contributed by atoms with Crippen LogP contribution in [0.2, 0.25) is 0 Å². The van der Waals surface area contributed by atoms with E-state index in [0.29, 0.717) is 22.6 Å². The number of carbonyl (C=O) groups excluding carboxylic acids is 1. The third-order valence-electron chi connectivity index (χ3n) is 5.53. The maximum absolute atomic E-state index is 13.0. The summed E-state index contributed by atoms with van der Waals surface area (Å²) in [5.41, 5.74) is 2.07. The molecule has 4 rings (SSSR count). The van der Waals surface area contributed by atoms with Crippen LogP contribution in [0.5, 0.6) is 5.75 Å². The molecular weight excluding hydrogens is 467 g/mol. The number of alkyl halides is 3. The fourth-order valence-electron chi connectivity index (χ4n) is 3.92. The molecule has 1 aliphatic heterocycles. The number of hydrogen-bond donors (Lipinski definition) is 0. The molecule has 0 saturated carbocycles. The zero-order chi connectivity index (χ0) is 24.3. The molecule has 182 valence electrons. The van der Waals surface area contributed by atoms with Gasteiger partial charge in [-0.1, -0.05) is 17.4 Å². The van der Waals surface area contributed by atoms with E-state index in [1.807, 2.05) is 19.1 Å². The minimum Gasteiger partial charge on any atom is -0.482 e. The number of ether oxygens (including phenoxy) is 2. The van der Waals surface area contributed by atoms with E-state index in [1.165, 1.54) is 23.5 Å². The molecular formula is C24H26F3N3O3S. The molecule has 1 aliphatic rings. The number of benzene rings is 2. The van der Waals surface area contributed by atoms with Gasteiger partial charge in [-0.2, -0.15) is 13.2 Å². The molecule has 2 aromatic carbocycles. The number of halogens is 3. The van der Waals surface area contributed by atoms with E-state index in [1.54, 1.807) is 6.92 Å². The third kappa shape index (κ3) is 5.98. The second-order valence-electron chi connectivity index (χ2n) is 8.19. The second kappa shape index (κ2) is 10.2. The Bertz CT molecular complexity index is 1160. The number of hydrogen-bond acceptors (Lipinski definition) is 7. The summed E-state index contributed by atoms with van der Waals surface area (Å²) in [5, 5.41) is 0.749. The topological polar surface area (TPSA) is 54.9 Å². The summed E-state index contributed by atoms with van der Waals surface area (Å²) in [6.45, 7) is 7.75. The molecule has 34 heavy (non-hydrogen) atoms. The average Bonchev–Trinajstić information content (AvgIpc) is 3.21. The summed E-state index contributed by atoms with van der Waals surface area (Å²) in [6, 6.07) is 9.61. The zero-order valence-electron chi connectivity index (χ0n) is 19.0. The molecule has 6 nitrogen and oxygen atoms in total. The van der Waals surface area contributed by atoms with Crippen LogP contribution in [0.25, 0.3) is 10.2 Å². The van der Waals surface area contributed by atoms with Gasteiger partial charge < -0.3 is 14.4 Å². The summed E-state index contributed by atoms with van der Waals surface area (Å²) >= 11 is 1.30. The average molecular weight is 494 g/mol. The summed E-state index contributed by atoms with van der Waals surface area (Å²) < 4.78 is 50.0. The quantitative estimate of drug-likeness (QED) is 0.437. The lowest BCUT2D eigenvalue weighted by molar-refractivity contribution is -0.145. The minimum absolute atomic E-state index is 0.123. The molecule has 0 atom stereocenters. The van der Waals surface area contributed by atoms with Crippen molar-refractivity contribution < 1.29 is 27.4 Å². The number of nitrogens with zero attached hydrogens (tertiary/aromatic N) is 3. The Kier molecular flexibility index (Phi) is 7.27. The van der Waals surface area contributed by atoms with Crippen LogP contribution in [-0.4, -0.2) is 55.2 Å². The number of rotatable bonds is 7. The molecule has 0 N–H and O–H groups in total. The summed E-state index contributed by atoms with van der Waals surface area (Å²) in [4.78, 5) is 20.5. The summed E-state index contributed by atoms with van der Waals surface area (Å²) in [6.07, 6.45) is -4.36. The Morgan fingerprint density at radius 2 is 1.88 bits per heavy atom. The van der Waals surface area contributed by atoms with E-state index in [9.17, 15) is 18.0 Å². The van der Waals surface area contributed by atoms with E-state index in [2.05, 4.69) is 20.9 Å². The van der Waals surface area contributed by atoms with Crippen molar-refractivity contribution in [1.82, 2.24) is 9.88 Å². The van der Waals surface area contributed by atoms with Crippen molar-refractivity contribution in [1.29, 1.82) is 0 Å². The van der Waals surface area contributed by atoms with Gasteiger partial charge >= 0.3 is 12.1 Å². The Hall–Kier alpha value is -2.85. The number of aromatic nitrogens is 1. The molecule has 0 bridgehead atoms. The lowest BCUT2D eigenvalue weighted by atomic mass is 10.1. The standard InChI is InChI=1S/C24H26F3N3O3S/c1-3-32-22(31)15-33-19-11-16(2)10-17(12-19)14-29-6-8-30(9-7-29)23-28-20-5-4-18(24(25,26)27)13-21(20)34-23/h4-5,10-13H,3,6-9,14-15H2,1-2H3. The molecule has 1 saturated heterocycles. The normalized spacial score (nSPS) is 15.0. The highest BCUT2D eigenvalue weighted by Gasteiger charge is 2.31. The highest BCUT2D eigenvalue weighted by atomic mass is 32.1. The third-order valence-corrected chi connectivity index (χ3v) is 6.61. The monoisotopic (exact) mass is 493 g/mol. The number of thiazole rings is 1. The van der Waals surface area contributed by atoms with Gasteiger partial charge in [-0.3, -0.25) is 4.90 Å². The molecule has 1 aromatic heterocycles. The molecule has 0 unspecified atom stereocenters. The van der Waals surface area contributed by atoms with E-state index in [0.717, 1.165) is 55.0 Å². The van der Waals surface area contributed by atoms with E-state index >= 15 is 0 Å². The lowest BCUT2D eigenvalue weighted by Gasteiger charge is -2.34. The van der Waals surface area contributed by atoms with Gasteiger partial charge in [0.25, 0.3) is 0 Å². The van der Waals surface area contributed by atoms with Crippen molar-refractivity contribution in [2.24, 2.45) is 0 Å². The van der Waals surface area contributed by atoms with Crippen LogP contribution in [0.1, 0.15) is 23.6 Å². The van der Waals surface area contributed by atoms with E-state index in [4.69, 9.17) is 9.47 Å². The fraction of sp³-hybridized carbons (Fsp3) is 0.417. The second-order valence-corrected chi connectivity index (χ2v) is 9.20. The van der Waals surface area contributed by atoms with Gasteiger partial charge in [0.1, 0.15) is 5.75 Å². The number of piperazine rings is 1. The Balaban J connectivity index is 1.35.